The molecule has 0 aliphatic heterocycles. The number of aliphatic carboxylic acids is 1. The molecule has 16 heavy (non-hydrogen) atoms. The Labute approximate surface area is 91.7 Å². The maximum Gasteiger partial charge on any atom is 0.304 e. The monoisotopic (exact) mass is 249 g/mol. The Morgan fingerprint density at radius 3 is 2.88 bits per heavy atom. The zero-order valence-electron chi connectivity index (χ0n) is 8.41. The molecule has 0 spiro atoms. The average Bonchev–Trinajstić information content (AvgIpc) is 2.65. The van der Waals surface area contributed by atoms with E-state index < -0.39 is 16.2 Å². The van der Waals surface area contributed by atoms with Crippen LogP contribution in [0, 0.1) is 0 Å². The molecule has 1 aromatic heterocycles. The summed E-state index contributed by atoms with van der Waals surface area (Å²) in [5.74, 6) is -1.09. The quantitative estimate of drug-likeness (QED) is 0.585. The highest BCUT2D eigenvalue weighted by atomic mass is 32.2. The fourth-order valence-electron chi connectivity index (χ4n) is 0.828. The standard InChI is InChI=1S/C6H11N5O4S/c1-11(3-2-5(12)13)16(14,15)10-6-7-4-8-9-6/h4H,2-3H2,1H3,(H,12,13)(H2,7,8,9,10). The van der Waals surface area contributed by atoms with Crippen LogP contribution >= 0.6 is 0 Å². The molecule has 9 nitrogen and oxygen atoms in total. The molecule has 0 aliphatic rings. The molecule has 0 unspecified atom stereocenters. The highest BCUT2D eigenvalue weighted by Crippen LogP contribution is 2.03. The molecule has 1 aromatic rings. The lowest BCUT2D eigenvalue weighted by Gasteiger charge is -2.15. The van der Waals surface area contributed by atoms with Gasteiger partial charge in [0, 0.05) is 13.6 Å². The summed E-state index contributed by atoms with van der Waals surface area (Å²) in [5.41, 5.74) is 0. The highest BCUT2D eigenvalue weighted by Gasteiger charge is 2.19. The first-order valence-corrected chi connectivity index (χ1v) is 5.67. The van der Waals surface area contributed by atoms with E-state index in [2.05, 4.69) is 19.9 Å². The molecule has 0 saturated carbocycles. The van der Waals surface area contributed by atoms with Gasteiger partial charge in [-0.2, -0.15) is 22.8 Å². The molecule has 0 aromatic carbocycles. The van der Waals surface area contributed by atoms with E-state index in [4.69, 9.17) is 5.11 Å². The number of nitrogens with zero attached hydrogens (tertiary/aromatic N) is 3. The number of aromatic amines is 1. The fraction of sp³-hybridized carbons (Fsp3) is 0.500. The van der Waals surface area contributed by atoms with Crippen LogP contribution in [0.4, 0.5) is 5.95 Å². The number of nitrogens with one attached hydrogen (secondary N) is 2. The van der Waals surface area contributed by atoms with Crippen LogP contribution in [0.15, 0.2) is 6.33 Å². The molecule has 0 radical (unpaired) electrons. The second-order valence-corrected chi connectivity index (χ2v) is 4.68. The van der Waals surface area contributed by atoms with E-state index in [-0.39, 0.29) is 18.9 Å². The number of anilines is 1. The molecular formula is C6H11N5O4S. The van der Waals surface area contributed by atoms with Gasteiger partial charge in [-0.1, -0.05) is 0 Å². The van der Waals surface area contributed by atoms with E-state index in [9.17, 15) is 13.2 Å². The third-order valence-electron chi connectivity index (χ3n) is 1.69. The van der Waals surface area contributed by atoms with E-state index in [0.29, 0.717) is 0 Å². The Morgan fingerprint density at radius 2 is 2.38 bits per heavy atom. The number of carboxylic acids is 1. The summed E-state index contributed by atoms with van der Waals surface area (Å²) >= 11 is 0. The van der Waals surface area contributed by atoms with Crippen LogP contribution in [-0.4, -0.2) is 52.6 Å². The molecule has 0 aliphatic carbocycles. The zero-order chi connectivity index (χ0) is 12.2. The summed E-state index contributed by atoms with van der Waals surface area (Å²) in [5, 5.41) is 14.2. The van der Waals surface area contributed by atoms with Crippen molar-refractivity contribution in [2.45, 2.75) is 6.42 Å². The van der Waals surface area contributed by atoms with Gasteiger partial charge in [0.15, 0.2) is 0 Å². The van der Waals surface area contributed by atoms with Gasteiger partial charge in [0.2, 0.25) is 5.95 Å². The summed E-state index contributed by atoms with van der Waals surface area (Å²) in [6.07, 6.45) is 0.878. The predicted octanol–water partition coefficient (Wildman–Crippen LogP) is -1.13. The number of hydrogen-bond donors (Lipinski definition) is 3. The van der Waals surface area contributed by atoms with Gasteiger partial charge in [0.1, 0.15) is 6.33 Å². The van der Waals surface area contributed by atoms with Crippen LogP contribution in [0.5, 0.6) is 0 Å². The van der Waals surface area contributed by atoms with Gasteiger partial charge < -0.3 is 5.11 Å². The fourth-order valence-corrected chi connectivity index (χ4v) is 1.66. The van der Waals surface area contributed by atoms with E-state index in [0.717, 1.165) is 10.6 Å². The summed E-state index contributed by atoms with van der Waals surface area (Å²) < 4.78 is 26.1. The van der Waals surface area contributed by atoms with Crippen LogP contribution in [0.3, 0.4) is 0 Å². The van der Waals surface area contributed by atoms with E-state index >= 15 is 0 Å². The molecule has 90 valence electrons. The van der Waals surface area contributed by atoms with Crippen molar-refractivity contribution in [2.24, 2.45) is 0 Å². The third kappa shape index (κ3) is 3.47. The summed E-state index contributed by atoms with van der Waals surface area (Å²) in [6, 6.07) is 0. The molecule has 0 bridgehead atoms. The van der Waals surface area contributed by atoms with Crippen molar-refractivity contribution in [3.63, 3.8) is 0 Å². The van der Waals surface area contributed by atoms with Crippen LogP contribution in [0.1, 0.15) is 6.42 Å². The predicted molar refractivity (Wildman–Crippen MR) is 53.8 cm³/mol. The molecule has 0 atom stereocenters. The molecule has 10 heteroatoms. The Kier molecular flexibility index (Phi) is 3.79. The molecule has 3 N–H and O–H groups in total. The summed E-state index contributed by atoms with van der Waals surface area (Å²) in [7, 11) is -2.53. The van der Waals surface area contributed by atoms with Gasteiger partial charge in [-0.15, -0.1) is 0 Å². The van der Waals surface area contributed by atoms with Crippen LogP contribution in [0.25, 0.3) is 0 Å². The van der Waals surface area contributed by atoms with Gasteiger partial charge in [-0.25, -0.2) is 9.82 Å². The second kappa shape index (κ2) is 4.90. The van der Waals surface area contributed by atoms with Crippen molar-refractivity contribution in [2.75, 3.05) is 18.3 Å². The normalized spacial score (nSPS) is 11.6. The van der Waals surface area contributed by atoms with Crippen molar-refractivity contribution in [3.05, 3.63) is 6.33 Å². The van der Waals surface area contributed by atoms with Crippen molar-refractivity contribution < 1.29 is 18.3 Å². The lowest BCUT2D eigenvalue weighted by molar-refractivity contribution is -0.137. The topological polar surface area (TPSA) is 128 Å². The Morgan fingerprint density at radius 1 is 1.69 bits per heavy atom. The maximum atomic E-state index is 11.5. The Balaban J connectivity index is 2.59. The minimum Gasteiger partial charge on any atom is -0.481 e. The lowest BCUT2D eigenvalue weighted by atomic mass is 10.4. The van der Waals surface area contributed by atoms with Gasteiger partial charge in [0.05, 0.1) is 6.42 Å². The van der Waals surface area contributed by atoms with Crippen LogP contribution in [0.2, 0.25) is 0 Å². The minimum atomic E-state index is -3.79. The lowest BCUT2D eigenvalue weighted by Crippen LogP contribution is -2.34. The largest absolute Gasteiger partial charge is 0.481 e. The van der Waals surface area contributed by atoms with Crippen LogP contribution in [-0.2, 0) is 15.0 Å². The highest BCUT2D eigenvalue weighted by molar-refractivity contribution is 7.90. The molecule has 1 rings (SSSR count). The average molecular weight is 249 g/mol. The Bertz CT molecular complexity index is 441. The van der Waals surface area contributed by atoms with E-state index in [1.165, 1.54) is 7.05 Å². The molecule has 0 amide bonds. The van der Waals surface area contributed by atoms with Crippen molar-refractivity contribution in [3.8, 4) is 0 Å². The number of rotatable bonds is 6. The van der Waals surface area contributed by atoms with Gasteiger partial charge in [0.25, 0.3) is 0 Å². The maximum absolute atomic E-state index is 11.5. The summed E-state index contributed by atoms with van der Waals surface area (Å²) in [6.45, 7) is -0.126. The number of hydrogen-bond acceptors (Lipinski definition) is 5. The zero-order valence-corrected chi connectivity index (χ0v) is 9.23. The smallest absolute Gasteiger partial charge is 0.304 e. The van der Waals surface area contributed by atoms with Crippen molar-refractivity contribution in [1.29, 1.82) is 0 Å². The molecular weight excluding hydrogens is 238 g/mol. The minimum absolute atomic E-state index is 0.0258. The number of carbonyl (C=O) groups is 1. The van der Waals surface area contributed by atoms with Gasteiger partial charge in [-0.05, 0) is 0 Å². The first kappa shape index (κ1) is 12.4. The third-order valence-corrected chi connectivity index (χ3v) is 3.15. The molecule has 1 heterocycles. The number of H-pyrrole nitrogens is 1. The van der Waals surface area contributed by atoms with Gasteiger partial charge >= 0.3 is 16.2 Å². The molecule has 0 saturated heterocycles. The molecule has 0 fully saturated rings. The van der Waals surface area contributed by atoms with Crippen LogP contribution < -0.4 is 4.72 Å². The van der Waals surface area contributed by atoms with Crippen molar-refractivity contribution in [1.82, 2.24) is 19.5 Å². The van der Waals surface area contributed by atoms with Crippen molar-refractivity contribution >= 4 is 22.1 Å². The van der Waals surface area contributed by atoms with E-state index in [1.807, 2.05) is 0 Å². The second-order valence-electron chi connectivity index (χ2n) is 2.91. The van der Waals surface area contributed by atoms with E-state index in [1.54, 1.807) is 0 Å². The Hall–Kier alpha value is -1.68. The summed E-state index contributed by atoms with van der Waals surface area (Å²) in [4.78, 5) is 13.9. The van der Waals surface area contributed by atoms with Gasteiger partial charge in [-0.3, -0.25) is 4.79 Å². The first-order valence-electron chi connectivity index (χ1n) is 4.23. The number of carboxylic acid groups (broad SMARTS) is 1. The first-order chi connectivity index (χ1) is 7.42. The SMILES string of the molecule is CN(CCC(=O)O)S(=O)(=O)Nc1ncn[nH]1. The number of aromatic nitrogens is 3.